The molecule has 7 heteroatoms. The highest BCUT2D eigenvalue weighted by Crippen LogP contribution is 2.39. The summed E-state index contributed by atoms with van der Waals surface area (Å²) in [6.07, 6.45) is 1.47. The largest absolute Gasteiger partial charge is 0.490 e. The molecule has 21 heavy (non-hydrogen) atoms. The zero-order valence-electron chi connectivity index (χ0n) is 11.6. The van der Waals surface area contributed by atoms with Crippen LogP contribution in [-0.4, -0.2) is 24.8 Å². The van der Waals surface area contributed by atoms with Crippen molar-refractivity contribution in [1.29, 1.82) is 0 Å². The van der Waals surface area contributed by atoms with Crippen LogP contribution in [0.1, 0.15) is 30.9 Å². The standard InChI is InChI=1S/C14H17F2NO4/c1-20-13-9(15)4-8(10(17)5-11(18)19)12(16)14(13)21-6-7-2-3-7/h4,7,10H,2-3,5-6,17H2,1H3,(H,18,19). The fraction of sp³-hybridized carbons (Fsp3) is 0.500. The molecule has 2 rings (SSSR count). The SMILES string of the molecule is COc1c(F)cc(C(N)CC(=O)O)c(F)c1OCC1CC1. The molecular weight excluding hydrogens is 284 g/mol. The van der Waals surface area contributed by atoms with Crippen LogP contribution in [0.4, 0.5) is 8.78 Å². The quantitative estimate of drug-likeness (QED) is 0.807. The maximum absolute atomic E-state index is 14.4. The van der Waals surface area contributed by atoms with E-state index in [0.29, 0.717) is 5.92 Å². The number of rotatable bonds is 7. The maximum Gasteiger partial charge on any atom is 0.305 e. The smallest absolute Gasteiger partial charge is 0.305 e. The molecule has 1 aliphatic rings. The predicted octanol–water partition coefficient (Wildman–Crippen LogP) is 2.24. The van der Waals surface area contributed by atoms with Gasteiger partial charge in [0.25, 0.3) is 0 Å². The summed E-state index contributed by atoms with van der Waals surface area (Å²) in [5.74, 6) is -3.24. The molecule has 0 spiro atoms. The fourth-order valence-corrected chi connectivity index (χ4v) is 1.98. The molecule has 0 radical (unpaired) electrons. The lowest BCUT2D eigenvalue weighted by atomic mass is 10.0. The normalized spacial score (nSPS) is 15.6. The van der Waals surface area contributed by atoms with Crippen LogP contribution in [0.15, 0.2) is 6.07 Å². The Morgan fingerprint density at radius 1 is 1.48 bits per heavy atom. The molecule has 1 saturated carbocycles. The van der Waals surface area contributed by atoms with Crippen molar-refractivity contribution in [3.05, 3.63) is 23.3 Å². The molecule has 1 aromatic rings. The highest BCUT2D eigenvalue weighted by Gasteiger charge is 2.28. The second-order valence-electron chi connectivity index (χ2n) is 5.08. The van der Waals surface area contributed by atoms with Crippen molar-refractivity contribution in [2.75, 3.05) is 13.7 Å². The van der Waals surface area contributed by atoms with E-state index in [1.165, 1.54) is 7.11 Å². The van der Waals surface area contributed by atoms with Crippen LogP contribution in [0.5, 0.6) is 11.5 Å². The Balaban J connectivity index is 2.34. The van der Waals surface area contributed by atoms with E-state index >= 15 is 0 Å². The number of carboxylic acids is 1. The number of carbonyl (C=O) groups is 1. The number of aliphatic carboxylic acids is 1. The van der Waals surface area contributed by atoms with Crippen molar-refractivity contribution in [3.63, 3.8) is 0 Å². The van der Waals surface area contributed by atoms with Gasteiger partial charge < -0.3 is 20.3 Å². The zero-order valence-corrected chi connectivity index (χ0v) is 11.6. The Bertz CT molecular complexity index is 546. The second-order valence-corrected chi connectivity index (χ2v) is 5.08. The van der Waals surface area contributed by atoms with Crippen molar-refractivity contribution in [1.82, 2.24) is 0 Å². The summed E-state index contributed by atoms with van der Waals surface area (Å²) < 4.78 is 38.5. The number of nitrogens with two attached hydrogens (primary N) is 1. The third kappa shape index (κ3) is 3.60. The van der Waals surface area contributed by atoms with Crippen molar-refractivity contribution < 1.29 is 28.2 Å². The first-order valence-corrected chi connectivity index (χ1v) is 6.60. The summed E-state index contributed by atoms with van der Waals surface area (Å²) in [6, 6.07) is -0.308. The van der Waals surface area contributed by atoms with E-state index in [-0.39, 0.29) is 23.7 Å². The van der Waals surface area contributed by atoms with Crippen LogP contribution in [0.2, 0.25) is 0 Å². The van der Waals surface area contributed by atoms with Gasteiger partial charge in [0.15, 0.2) is 17.4 Å². The summed E-state index contributed by atoms with van der Waals surface area (Å²) in [5, 5.41) is 8.71. The Hall–Kier alpha value is -1.89. The number of carboxylic acid groups (broad SMARTS) is 1. The Kier molecular flexibility index (Phi) is 4.62. The number of hydrogen-bond acceptors (Lipinski definition) is 4. The highest BCUT2D eigenvalue weighted by molar-refractivity contribution is 5.68. The summed E-state index contributed by atoms with van der Waals surface area (Å²) in [7, 11) is 1.21. The van der Waals surface area contributed by atoms with Gasteiger partial charge >= 0.3 is 5.97 Å². The fourth-order valence-electron chi connectivity index (χ4n) is 1.98. The predicted molar refractivity (Wildman–Crippen MR) is 70.3 cm³/mol. The van der Waals surface area contributed by atoms with Gasteiger partial charge in [-0.2, -0.15) is 0 Å². The van der Waals surface area contributed by atoms with Gasteiger partial charge in [-0.3, -0.25) is 4.79 Å². The van der Waals surface area contributed by atoms with E-state index in [1.54, 1.807) is 0 Å². The monoisotopic (exact) mass is 301 g/mol. The van der Waals surface area contributed by atoms with Crippen LogP contribution in [0.3, 0.4) is 0 Å². The van der Waals surface area contributed by atoms with E-state index in [9.17, 15) is 13.6 Å². The van der Waals surface area contributed by atoms with Gasteiger partial charge in [0.2, 0.25) is 5.75 Å². The zero-order chi connectivity index (χ0) is 15.6. The molecule has 3 N–H and O–H groups in total. The minimum absolute atomic E-state index is 0.235. The van der Waals surface area contributed by atoms with Gasteiger partial charge in [-0.05, 0) is 24.8 Å². The molecule has 1 fully saturated rings. The van der Waals surface area contributed by atoms with Crippen LogP contribution >= 0.6 is 0 Å². The van der Waals surface area contributed by atoms with Crippen LogP contribution in [0.25, 0.3) is 0 Å². The first-order valence-electron chi connectivity index (χ1n) is 6.60. The van der Waals surface area contributed by atoms with E-state index < -0.39 is 30.1 Å². The molecule has 1 unspecified atom stereocenters. The molecular formula is C14H17F2NO4. The minimum Gasteiger partial charge on any atom is -0.490 e. The van der Waals surface area contributed by atoms with Gasteiger partial charge in [-0.25, -0.2) is 8.78 Å². The number of halogens is 2. The van der Waals surface area contributed by atoms with Gasteiger partial charge in [-0.1, -0.05) is 0 Å². The number of methoxy groups -OCH3 is 1. The average Bonchev–Trinajstić information content (AvgIpc) is 3.22. The molecule has 0 aromatic heterocycles. The molecule has 5 nitrogen and oxygen atoms in total. The molecule has 0 bridgehead atoms. The molecule has 116 valence electrons. The lowest BCUT2D eigenvalue weighted by Gasteiger charge is -2.17. The Morgan fingerprint density at radius 3 is 2.67 bits per heavy atom. The third-order valence-corrected chi connectivity index (χ3v) is 3.32. The first kappa shape index (κ1) is 15.5. The van der Waals surface area contributed by atoms with Crippen LogP contribution in [-0.2, 0) is 4.79 Å². The van der Waals surface area contributed by atoms with Gasteiger partial charge in [0.1, 0.15) is 0 Å². The van der Waals surface area contributed by atoms with Crippen LogP contribution < -0.4 is 15.2 Å². The number of hydrogen-bond donors (Lipinski definition) is 2. The van der Waals surface area contributed by atoms with E-state index in [0.717, 1.165) is 18.9 Å². The number of ether oxygens (including phenoxy) is 2. The molecule has 1 aliphatic carbocycles. The summed E-state index contributed by atoms with van der Waals surface area (Å²) >= 11 is 0. The molecule has 1 aromatic carbocycles. The maximum atomic E-state index is 14.4. The summed E-state index contributed by atoms with van der Waals surface area (Å²) in [4.78, 5) is 10.7. The second kappa shape index (κ2) is 6.26. The van der Waals surface area contributed by atoms with Crippen molar-refractivity contribution in [2.45, 2.75) is 25.3 Å². The minimum atomic E-state index is -1.20. The Morgan fingerprint density at radius 2 is 2.14 bits per heavy atom. The average molecular weight is 301 g/mol. The molecule has 0 aliphatic heterocycles. The lowest BCUT2D eigenvalue weighted by Crippen LogP contribution is -2.18. The van der Waals surface area contributed by atoms with Gasteiger partial charge in [-0.15, -0.1) is 0 Å². The first-order chi connectivity index (χ1) is 9.93. The highest BCUT2D eigenvalue weighted by atomic mass is 19.1. The lowest BCUT2D eigenvalue weighted by molar-refractivity contribution is -0.137. The third-order valence-electron chi connectivity index (χ3n) is 3.32. The van der Waals surface area contributed by atoms with E-state index in [4.69, 9.17) is 20.3 Å². The summed E-state index contributed by atoms with van der Waals surface area (Å²) in [6.45, 7) is 0.268. The summed E-state index contributed by atoms with van der Waals surface area (Å²) in [5.41, 5.74) is 5.38. The van der Waals surface area contributed by atoms with E-state index in [2.05, 4.69) is 0 Å². The van der Waals surface area contributed by atoms with Gasteiger partial charge in [0.05, 0.1) is 20.1 Å². The Labute approximate surface area is 120 Å². The van der Waals surface area contributed by atoms with E-state index in [1.807, 2.05) is 0 Å². The van der Waals surface area contributed by atoms with Crippen molar-refractivity contribution in [2.24, 2.45) is 11.7 Å². The van der Waals surface area contributed by atoms with Crippen LogP contribution in [0, 0.1) is 17.6 Å². The molecule has 1 atom stereocenters. The topological polar surface area (TPSA) is 81.8 Å². The van der Waals surface area contributed by atoms with Crippen molar-refractivity contribution in [3.8, 4) is 11.5 Å². The van der Waals surface area contributed by atoms with Crippen molar-refractivity contribution >= 4 is 5.97 Å². The molecule has 0 saturated heterocycles. The molecule has 0 heterocycles. The van der Waals surface area contributed by atoms with Gasteiger partial charge in [0, 0.05) is 11.6 Å². The molecule has 0 amide bonds. The number of benzene rings is 1.